The van der Waals surface area contributed by atoms with Crippen molar-refractivity contribution in [2.75, 3.05) is 19.8 Å². The molecule has 0 bridgehead atoms. The van der Waals surface area contributed by atoms with Crippen molar-refractivity contribution in [1.29, 1.82) is 0 Å². The number of carbonyl (C=O) groups is 1. The van der Waals surface area contributed by atoms with Crippen LogP contribution in [-0.4, -0.2) is 46.5 Å². The first kappa shape index (κ1) is 20.9. The van der Waals surface area contributed by atoms with Crippen molar-refractivity contribution >= 4 is 16.8 Å². The minimum absolute atomic E-state index is 0.0750. The predicted molar refractivity (Wildman–Crippen MR) is 108 cm³/mol. The van der Waals surface area contributed by atoms with E-state index in [9.17, 15) is 24.9 Å². The number of benzene rings is 2. The molecule has 7 heteroatoms. The second-order valence-corrected chi connectivity index (χ2v) is 6.97. The lowest BCUT2D eigenvalue weighted by atomic mass is 9.94. The summed E-state index contributed by atoms with van der Waals surface area (Å²) in [5, 5.41) is 32.6. The van der Waals surface area contributed by atoms with Crippen molar-refractivity contribution in [2.24, 2.45) is 0 Å². The summed E-state index contributed by atoms with van der Waals surface area (Å²) in [6.07, 6.45) is -0.130. The smallest absolute Gasteiger partial charge is 0.347 e. The Labute approximate surface area is 167 Å². The van der Waals surface area contributed by atoms with Crippen LogP contribution in [0.25, 0.3) is 11.0 Å². The highest BCUT2D eigenvalue weighted by Gasteiger charge is 2.32. The Morgan fingerprint density at radius 2 is 1.59 bits per heavy atom. The van der Waals surface area contributed by atoms with E-state index in [1.807, 2.05) is 6.07 Å². The summed E-state index contributed by atoms with van der Waals surface area (Å²) in [6, 6.07) is 16.7. The molecule has 1 aromatic heterocycles. The number of rotatable bonds is 9. The zero-order chi connectivity index (χ0) is 20.9. The molecule has 0 saturated carbocycles. The van der Waals surface area contributed by atoms with Gasteiger partial charge in [0.2, 0.25) is 0 Å². The zero-order valence-electron chi connectivity index (χ0n) is 15.7. The fourth-order valence-corrected chi connectivity index (χ4v) is 3.15. The highest BCUT2D eigenvalue weighted by atomic mass is 16.4. The van der Waals surface area contributed by atoms with Gasteiger partial charge in [-0.15, -0.1) is 0 Å². The summed E-state index contributed by atoms with van der Waals surface area (Å²) in [4.78, 5) is 25.3. The molecule has 0 aliphatic heterocycles. The molecule has 0 saturated heterocycles. The molecule has 3 rings (SSSR count). The van der Waals surface area contributed by atoms with Gasteiger partial charge in [0.25, 0.3) is 0 Å². The maximum absolute atomic E-state index is 13.0. The lowest BCUT2D eigenvalue weighted by Crippen LogP contribution is -2.56. The summed E-state index contributed by atoms with van der Waals surface area (Å²) >= 11 is 0. The van der Waals surface area contributed by atoms with Gasteiger partial charge in [0.1, 0.15) is 11.1 Å². The van der Waals surface area contributed by atoms with E-state index in [0.29, 0.717) is 16.5 Å². The number of para-hydroxylation sites is 1. The Morgan fingerprint density at radius 3 is 2.24 bits per heavy atom. The van der Waals surface area contributed by atoms with Crippen LogP contribution >= 0.6 is 0 Å². The second-order valence-electron chi connectivity index (χ2n) is 6.97. The third kappa shape index (κ3) is 4.60. The van der Waals surface area contributed by atoms with Crippen LogP contribution in [0.5, 0.6) is 0 Å². The second kappa shape index (κ2) is 9.11. The van der Waals surface area contributed by atoms with E-state index in [1.54, 1.807) is 48.5 Å². The zero-order valence-corrected chi connectivity index (χ0v) is 15.7. The summed E-state index contributed by atoms with van der Waals surface area (Å²) in [6.45, 7) is -1.60. The van der Waals surface area contributed by atoms with Crippen molar-refractivity contribution in [3.05, 3.63) is 82.2 Å². The third-order valence-electron chi connectivity index (χ3n) is 4.92. The maximum atomic E-state index is 13.0. The summed E-state index contributed by atoms with van der Waals surface area (Å²) in [5.74, 6) is -0.450. The number of hydrogen-bond acceptors (Lipinski definition) is 7. The standard InChI is InChI=1S/C22H23NO6/c24-12-22(13-25,14-26)23-18(15-6-2-1-3-7-15)11-19(27)17-10-16-8-4-5-9-20(16)29-21(17)28/h1-10,18,23-26H,11-14H2. The molecule has 1 heterocycles. The van der Waals surface area contributed by atoms with Crippen LogP contribution in [0.2, 0.25) is 0 Å². The first-order chi connectivity index (χ1) is 14.0. The topological polar surface area (TPSA) is 120 Å². The van der Waals surface area contributed by atoms with Crippen LogP contribution in [0.1, 0.15) is 28.4 Å². The van der Waals surface area contributed by atoms with Gasteiger partial charge in [-0.2, -0.15) is 0 Å². The van der Waals surface area contributed by atoms with Gasteiger partial charge >= 0.3 is 5.63 Å². The van der Waals surface area contributed by atoms with E-state index in [-0.39, 0.29) is 12.0 Å². The molecule has 29 heavy (non-hydrogen) atoms. The van der Waals surface area contributed by atoms with Crippen molar-refractivity contribution < 1.29 is 24.5 Å². The molecule has 4 N–H and O–H groups in total. The first-order valence-corrected chi connectivity index (χ1v) is 9.23. The van der Waals surface area contributed by atoms with Gasteiger partial charge in [0, 0.05) is 17.8 Å². The Bertz CT molecular complexity index is 1020. The molecule has 3 aromatic rings. The van der Waals surface area contributed by atoms with E-state index >= 15 is 0 Å². The molecule has 2 aromatic carbocycles. The molecule has 0 spiro atoms. The van der Waals surface area contributed by atoms with E-state index in [4.69, 9.17) is 4.42 Å². The van der Waals surface area contributed by atoms with Crippen LogP contribution in [0.4, 0.5) is 0 Å². The Morgan fingerprint density at radius 1 is 0.966 bits per heavy atom. The van der Waals surface area contributed by atoms with Gasteiger partial charge in [0.05, 0.1) is 25.4 Å². The highest BCUT2D eigenvalue weighted by molar-refractivity contribution is 5.98. The van der Waals surface area contributed by atoms with E-state index in [0.717, 1.165) is 0 Å². The fraction of sp³-hybridized carbons (Fsp3) is 0.273. The average Bonchev–Trinajstić information content (AvgIpc) is 2.77. The van der Waals surface area contributed by atoms with E-state index in [1.165, 1.54) is 6.07 Å². The van der Waals surface area contributed by atoms with Crippen LogP contribution < -0.4 is 10.9 Å². The summed E-state index contributed by atoms with van der Waals surface area (Å²) < 4.78 is 5.25. The number of hydrogen-bond donors (Lipinski definition) is 4. The minimum atomic E-state index is -1.38. The number of Topliss-reactive ketones (excluding diaryl/α,β-unsaturated/α-hetero) is 1. The van der Waals surface area contributed by atoms with Crippen LogP contribution in [0, 0.1) is 0 Å². The highest BCUT2D eigenvalue weighted by Crippen LogP contribution is 2.23. The number of ketones is 1. The Balaban J connectivity index is 1.94. The maximum Gasteiger partial charge on any atom is 0.347 e. The molecule has 152 valence electrons. The van der Waals surface area contributed by atoms with Crippen molar-refractivity contribution in [3.63, 3.8) is 0 Å². The van der Waals surface area contributed by atoms with Crippen molar-refractivity contribution in [2.45, 2.75) is 18.0 Å². The van der Waals surface area contributed by atoms with Gasteiger partial charge < -0.3 is 19.7 Å². The number of nitrogens with one attached hydrogen (secondary N) is 1. The number of fused-ring (bicyclic) bond motifs is 1. The number of aliphatic hydroxyl groups excluding tert-OH is 3. The third-order valence-corrected chi connectivity index (χ3v) is 4.92. The van der Waals surface area contributed by atoms with Crippen molar-refractivity contribution in [3.8, 4) is 0 Å². The van der Waals surface area contributed by atoms with Gasteiger partial charge in [-0.1, -0.05) is 48.5 Å². The molecule has 0 aliphatic carbocycles. The average molecular weight is 397 g/mol. The molecule has 1 unspecified atom stereocenters. The van der Waals surface area contributed by atoms with E-state index < -0.39 is 42.8 Å². The molecular formula is C22H23NO6. The Hall–Kier alpha value is -2.84. The Kier molecular flexibility index (Phi) is 6.56. The molecule has 0 radical (unpaired) electrons. The fourth-order valence-electron chi connectivity index (χ4n) is 3.15. The SMILES string of the molecule is O=C(CC(NC(CO)(CO)CO)c1ccccc1)c1cc2ccccc2oc1=O. The molecular weight excluding hydrogens is 374 g/mol. The summed E-state index contributed by atoms with van der Waals surface area (Å²) in [7, 11) is 0. The van der Waals surface area contributed by atoms with Gasteiger partial charge in [-0.3, -0.25) is 10.1 Å². The molecule has 0 aliphatic rings. The van der Waals surface area contributed by atoms with Crippen molar-refractivity contribution in [1.82, 2.24) is 5.32 Å². The van der Waals surface area contributed by atoms with Crippen LogP contribution in [0.15, 0.2) is 69.9 Å². The quantitative estimate of drug-likeness (QED) is 0.318. The van der Waals surface area contributed by atoms with Crippen LogP contribution in [0.3, 0.4) is 0 Å². The molecule has 0 amide bonds. The van der Waals surface area contributed by atoms with E-state index in [2.05, 4.69) is 5.32 Å². The number of carbonyl (C=O) groups excluding carboxylic acids is 1. The minimum Gasteiger partial charge on any atom is -0.422 e. The lowest BCUT2D eigenvalue weighted by Gasteiger charge is -2.34. The number of aliphatic hydroxyl groups is 3. The van der Waals surface area contributed by atoms with Gasteiger partial charge in [-0.05, 0) is 17.7 Å². The summed E-state index contributed by atoms with van der Waals surface area (Å²) in [5.41, 5.74) is -1.07. The molecule has 1 atom stereocenters. The lowest BCUT2D eigenvalue weighted by molar-refractivity contribution is 0.0328. The van der Waals surface area contributed by atoms with Gasteiger partial charge in [-0.25, -0.2) is 4.79 Å². The normalized spacial score (nSPS) is 12.8. The molecule has 7 nitrogen and oxygen atoms in total. The van der Waals surface area contributed by atoms with Crippen LogP contribution in [-0.2, 0) is 0 Å². The van der Waals surface area contributed by atoms with Gasteiger partial charge in [0.15, 0.2) is 5.78 Å². The molecule has 0 fully saturated rings. The predicted octanol–water partition coefficient (Wildman–Crippen LogP) is 1.41. The largest absolute Gasteiger partial charge is 0.422 e. The monoisotopic (exact) mass is 397 g/mol. The first-order valence-electron chi connectivity index (χ1n) is 9.23.